The lowest BCUT2D eigenvalue weighted by Gasteiger charge is -2.17. The largest absolute Gasteiger partial charge is 0.497 e. The minimum Gasteiger partial charge on any atom is -0.497 e. The number of hydrogen-bond donors (Lipinski definition) is 1. The molecule has 1 heterocycles. The Morgan fingerprint density at radius 3 is 2.43 bits per heavy atom. The molecule has 0 bridgehead atoms. The summed E-state index contributed by atoms with van der Waals surface area (Å²) in [6.07, 6.45) is 1.01. The molecule has 0 aliphatic heterocycles. The predicted molar refractivity (Wildman–Crippen MR) is 83.7 cm³/mol. The van der Waals surface area contributed by atoms with E-state index in [1.54, 1.807) is 14.2 Å². The van der Waals surface area contributed by atoms with Gasteiger partial charge < -0.3 is 14.8 Å². The SMILES string of the molecule is CCC(NCc1cccc(OC)n1)c1ccc(OC)cc1. The van der Waals surface area contributed by atoms with Gasteiger partial charge in [-0.1, -0.05) is 25.1 Å². The summed E-state index contributed by atoms with van der Waals surface area (Å²) in [7, 11) is 3.31. The Labute approximate surface area is 126 Å². The molecule has 2 aromatic rings. The van der Waals surface area contributed by atoms with Crippen LogP contribution in [0.2, 0.25) is 0 Å². The molecule has 0 spiro atoms. The van der Waals surface area contributed by atoms with Crippen LogP contribution in [0.3, 0.4) is 0 Å². The van der Waals surface area contributed by atoms with E-state index in [0.29, 0.717) is 18.5 Å². The summed E-state index contributed by atoms with van der Waals surface area (Å²) in [5.74, 6) is 1.52. The zero-order chi connectivity index (χ0) is 15.1. The third-order valence-corrected chi connectivity index (χ3v) is 3.45. The van der Waals surface area contributed by atoms with Gasteiger partial charge >= 0.3 is 0 Å². The lowest BCUT2D eigenvalue weighted by Crippen LogP contribution is -2.20. The van der Waals surface area contributed by atoms with Crippen molar-refractivity contribution in [2.45, 2.75) is 25.9 Å². The van der Waals surface area contributed by atoms with E-state index < -0.39 is 0 Å². The maximum atomic E-state index is 5.19. The van der Waals surface area contributed by atoms with Gasteiger partial charge in [-0.25, -0.2) is 4.98 Å². The summed E-state index contributed by atoms with van der Waals surface area (Å²) in [6, 6.07) is 14.3. The Morgan fingerprint density at radius 2 is 1.81 bits per heavy atom. The molecule has 1 atom stereocenters. The minimum atomic E-state index is 0.295. The number of nitrogens with one attached hydrogen (secondary N) is 1. The van der Waals surface area contributed by atoms with Gasteiger partial charge in [-0.3, -0.25) is 0 Å². The molecule has 0 amide bonds. The fourth-order valence-electron chi connectivity index (χ4n) is 2.23. The van der Waals surface area contributed by atoms with Crippen LogP contribution in [-0.4, -0.2) is 19.2 Å². The van der Waals surface area contributed by atoms with Crippen LogP contribution in [0.15, 0.2) is 42.5 Å². The number of nitrogens with zero attached hydrogens (tertiary/aromatic N) is 1. The first kappa shape index (κ1) is 15.3. The van der Waals surface area contributed by atoms with Gasteiger partial charge in [0.25, 0.3) is 0 Å². The summed E-state index contributed by atoms with van der Waals surface area (Å²) in [4.78, 5) is 4.41. The third-order valence-electron chi connectivity index (χ3n) is 3.45. The zero-order valence-electron chi connectivity index (χ0n) is 12.8. The van der Waals surface area contributed by atoms with Crippen LogP contribution < -0.4 is 14.8 Å². The highest BCUT2D eigenvalue weighted by atomic mass is 16.5. The highest BCUT2D eigenvalue weighted by Crippen LogP contribution is 2.20. The van der Waals surface area contributed by atoms with E-state index in [4.69, 9.17) is 9.47 Å². The average molecular weight is 286 g/mol. The van der Waals surface area contributed by atoms with Gasteiger partial charge in [-0.05, 0) is 30.2 Å². The Bertz CT molecular complexity index is 555. The molecule has 4 nitrogen and oxygen atoms in total. The van der Waals surface area contributed by atoms with Gasteiger partial charge in [0.2, 0.25) is 5.88 Å². The van der Waals surface area contributed by atoms with Gasteiger partial charge in [0.1, 0.15) is 5.75 Å². The summed E-state index contributed by atoms with van der Waals surface area (Å²) >= 11 is 0. The van der Waals surface area contributed by atoms with Crippen molar-refractivity contribution >= 4 is 0 Å². The fraction of sp³-hybridized carbons (Fsp3) is 0.353. The molecule has 1 aromatic heterocycles. The number of ether oxygens (including phenoxy) is 2. The van der Waals surface area contributed by atoms with Crippen molar-refractivity contribution in [3.8, 4) is 11.6 Å². The van der Waals surface area contributed by atoms with Crippen molar-refractivity contribution in [1.82, 2.24) is 10.3 Å². The van der Waals surface area contributed by atoms with Crippen molar-refractivity contribution < 1.29 is 9.47 Å². The first-order chi connectivity index (χ1) is 10.3. The summed E-state index contributed by atoms with van der Waals surface area (Å²) < 4.78 is 10.3. The molecular weight excluding hydrogens is 264 g/mol. The number of benzene rings is 1. The fourth-order valence-corrected chi connectivity index (χ4v) is 2.23. The number of aromatic nitrogens is 1. The molecule has 0 saturated carbocycles. The zero-order valence-corrected chi connectivity index (χ0v) is 12.8. The predicted octanol–water partition coefficient (Wildman–Crippen LogP) is 3.34. The van der Waals surface area contributed by atoms with Crippen LogP contribution in [0.1, 0.15) is 30.6 Å². The normalized spacial score (nSPS) is 12.0. The van der Waals surface area contributed by atoms with Crippen LogP contribution in [-0.2, 0) is 6.54 Å². The quantitative estimate of drug-likeness (QED) is 0.847. The van der Waals surface area contributed by atoms with Crippen molar-refractivity contribution in [2.75, 3.05) is 14.2 Å². The lowest BCUT2D eigenvalue weighted by atomic mass is 10.0. The molecule has 0 fully saturated rings. The van der Waals surface area contributed by atoms with E-state index in [1.807, 2.05) is 30.3 Å². The van der Waals surface area contributed by atoms with E-state index in [1.165, 1.54) is 5.56 Å². The molecule has 21 heavy (non-hydrogen) atoms. The first-order valence-corrected chi connectivity index (χ1v) is 7.14. The number of pyridine rings is 1. The van der Waals surface area contributed by atoms with Gasteiger partial charge in [0, 0.05) is 18.7 Å². The van der Waals surface area contributed by atoms with E-state index in [-0.39, 0.29) is 0 Å². The second kappa shape index (κ2) is 7.64. The number of rotatable bonds is 7. The maximum Gasteiger partial charge on any atom is 0.213 e. The van der Waals surface area contributed by atoms with Crippen molar-refractivity contribution in [1.29, 1.82) is 0 Å². The van der Waals surface area contributed by atoms with Crippen LogP contribution in [0.5, 0.6) is 11.6 Å². The minimum absolute atomic E-state index is 0.295. The molecule has 0 radical (unpaired) electrons. The first-order valence-electron chi connectivity index (χ1n) is 7.14. The van der Waals surface area contributed by atoms with E-state index >= 15 is 0 Å². The lowest BCUT2D eigenvalue weighted by molar-refractivity contribution is 0.394. The maximum absolute atomic E-state index is 5.19. The second-order valence-corrected chi connectivity index (χ2v) is 4.79. The standard InChI is InChI=1S/C17H22N2O2/c1-4-16(13-8-10-15(20-2)11-9-13)18-12-14-6-5-7-17(19-14)21-3/h5-11,16,18H,4,12H2,1-3H3. The molecule has 1 N–H and O–H groups in total. The third kappa shape index (κ3) is 4.20. The monoisotopic (exact) mass is 286 g/mol. The second-order valence-electron chi connectivity index (χ2n) is 4.79. The van der Waals surface area contributed by atoms with E-state index in [9.17, 15) is 0 Å². The van der Waals surface area contributed by atoms with Gasteiger partial charge in [-0.2, -0.15) is 0 Å². The van der Waals surface area contributed by atoms with Crippen LogP contribution in [0, 0.1) is 0 Å². The van der Waals surface area contributed by atoms with Crippen molar-refractivity contribution in [3.05, 3.63) is 53.7 Å². The molecule has 1 aromatic carbocycles. The van der Waals surface area contributed by atoms with Gasteiger partial charge in [0.15, 0.2) is 0 Å². The Balaban J connectivity index is 2.01. The van der Waals surface area contributed by atoms with Crippen LogP contribution in [0.4, 0.5) is 0 Å². The number of hydrogen-bond acceptors (Lipinski definition) is 4. The molecule has 0 aliphatic rings. The Hall–Kier alpha value is -2.07. The molecule has 4 heteroatoms. The smallest absolute Gasteiger partial charge is 0.213 e. The average Bonchev–Trinajstić information content (AvgIpc) is 2.56. The van der Waals surface area contributed by atoms with Crippen LogP contribution in [0.25, 0.3) is 0 Å². The van der Waals surface area contributed by atoms with E-state index in [2.05, 4.69) is 29.4 Å². The molecule has 0 aliphatic carbocycles. The molecule has 0 saturated heterocycles. The molecule has 1 unspecified atom stereocenters. The summed E-state index contributed by atoms with van der Waals surface area (Å²) in [6.45, 7) is 2.88. The Kier molecular flexibility index (Phi) is 5.58. The Morgan fingerprint density at radius 1 is 1.05 bits per heavy atom. The summed E-state index contributed by atoms with van der Waals surface area (Å²) in [5.41, 5.74) is 2.22. The molecule has 2 rings (SSSR count). The van der Waals surface area contributed by atoms with Crippen LogP contribution >= 0.6 is 0 Å². The molecular formula is C17H22N2O2. The topological polar surface area (TPSA) is 43.4 Å². The van der Waals surface area contributed by atoms with Crippen molar-refractivity contribution in [2.24, 2.45) is 0 Å². The highest BCUT2D eigenvalue weighted by Gasteiger charge is 2.09. The van der Waals surface area contributed by atoms with Gasteiger partial charge in [-0.15, -0.1) is 0 Å². The highest BCUT2D eigenvalue weighted by molar-refractivity contribution is 5.29. The van der Waals surface area contributed by atoms with Gasteiger partial charge in [0.05, 0.1) is 19.9 Å². The van der Waals surface area contributed by atoms with Crippen molar-refractivity contribution in [3.63, 3.8) is 0 Å². The number of methoxy groups -OCH3 is 2. The molecule has 112 valence electrons. The summed E-state index contributed by atoms with van der Waals surface area (Å²) in [5, 5.41) is 3.53. The van der Waals surface area contributed by atoms with E-state index in [0.717, 1.165) is 17.9 Å².